The van der Waals surface area contributed by atoms with E-state index < -0.39 is 12.8 Å². The van der Waals surface area contributed by atoms with E-state index in [1.807, 2.05) is 19.1 Å². The molecule has 1 aromatic rings. The van der Waals surface area contributed by atoms with Gasteiger partial charge in [-0.2, -0.15) is 0 Å². The van der Waals surface area contributed by atoms with Crippen molar-refractivity contribution in [3.63, 3.8) is 0 Å². The average molecular weight is 389 g/mol. The predicted octanol–water partition coefficient (Wildman–Crippen LogP) is 3.30. The first-order valence-corrected chi connectivity index (χ1v) is 10.2. The second-order valence-electron chi connectivity index (χ2n) is 8.94. The fourth-order valence-electron chi connectivity index (χ4n) is 6.00. The van der Waals surface area contributed by atoms with Crippen molar-refractivity contribution < 1.29 is 18.7 Å². The standard InChI is InChI=1S/C21H28FN3O3/c1-14-4-2-5-17(23-14)18(26)24-20-9-15-8-16(10-20)12-21(11-15,13-20)25-19(27)28-7-3-6-22/h2,4-5,15-16H,3,6-13H2,1H3,(H,24,26)(H,25,27). The zero-order chi connectivity index (χ0) is 19.8. The lowest BCUT2D eigenvalue weighted by atomic mass is 9.50. The number of nitrogens with one attached hydrogen (secondary N) is 2. The van der Waals surface area contributed by atoms with Crippen LogP contribution in [0, 0.1) is 18.8 Å². The van der Waals surface area contributed by atoms with Crippen LogP contribution in [0.5, 0.6) is 0 Å². The summed E-state index contributed by atoms with van der Waals surface area (Å²) < 4.78 is 17.4. The Kier molecular flexibility index (Phi) is 5.02. The van der Waals surface area contributed by atoms with Crippen LogP contribution in [0.25, 0.3) is 0 Å². The summed E-state index contributed by atoms with van der Waals surface area (Å²) in [6.45, 7) is 1.46. The number of hydrogen-bond donors (Lipinski definition) is 2. The smallest absolute Gasteiger partial charge is 0.407 e. The molecule has 2 amide bonds. The lowest BCUT2D eigenvalue weighted by molar-refractivity contribution is -0.0469. The normalized spacial score (nSPS) is 32.8. The molecule has 4 bridgehead atoms. The maximum atomic E-state index is 12.9. The monoisotopic (exact) mass is 389 g/mol. The maximum Gasteiger partial charge on any atom is 0.407 e. The van der Waals surface area contributed by atoms with Gasteiger partial charge in [0.2, 0.25) is 0 Å². The fourth-order valence-corrected chi connectivity index (χ4v) is 6.00. The van der Waals surface area contributed by atoms with Gasteiger partial charge in [0.05, 0.1) is 13.3 Å². The lowest BCUT2D eigenvalue weighted by Gasteiger charge is -2.62. The van der Waals surface area contributed by atoms with Crippen molar-refractivity contribution in [1.29, 1.82) is 0 Å². The minimum atomic E-state index is -0.495. The van der Waals surface area contributed by atoms with Crippen molar-refractivity contribution in [3.8, 4) is 0 Å². The molecule has 2 atom stereocenters. The van der Waals surface area contributed by atoms with Crippen LogP contribution >= 0.6 is 0 Å². The average Bonchev–Trinajstić information content (AvgIpc) is 2.60. The van der Waals surface area contributed by atoms with Gasteiger partial charge in [-0.15, -0.1) is 0 Å². The molecule has 2 N–H and O–H groups in total. The summed E-state index contributed by atoms with van der Waals surface area (Å²) in [5.74, 6) is 0.822. The van der Waals surface area contributed by atoms with E-state index in [0.29, 0.717) is 24.0 Å². The zero-order valence-electron chi connectivity index (χ0n) is 16.3. The van der Waals surface area contributed by atoms with Gasteiger partial charge in [0.25, 0.3) is 5.91 Å². The van der Waals surface area contributed by atoms with Crippen LogP contribution in [0.2, 0.25) is 0 Å². The lowest BCUT2D eigenvalue weighted by Crippen LogP contribution is -2.70. The van der Waals surface area contributed by atoms with Gasteiger partial charge in [-0.3, -0.25) is 9.18 Å². The number of rotatable bonds is 6. The molecule has 2 unspecified atom stereocenters. The Morgan fingerprint density at radius 3 is 2.50 bits per heavy atom. The molecule has 5 rings (SSSR count). The van der Waals surface area contributed by atoms with Gasteiger partial charge in [-0.1, -0.05) is 6.07 Å². The second-order valence-corrected chi connectivity index (χ2v) is 8.94. The van der Waals surface area contributed by atoms with E-state index in [2.05, 4.69) is 15.6 Å². The number of alkyl halides is 1. The number of ether oxygens (including phenoxy) is 1. The van der Waals surface area contributed by atoms with Crippen molar-refractivity contribution in [2.24, 2.45) is 11.8 Å². The molecular formula is C21H28FN3O3. The molecule has 4 aliphatic rings. The van der Waals surface area contributed by atoms with Crippen LogP contribution in [0.3, 0.4) is 0 Å². The number of halogens is 1. The Balaban J connectivity index is 1.48. The summed E-state index contributed by atoms with van der Waals surface area (Å²) in [5.41, 5.74) is 0.596. The molecule has 152 valence electrons. The number of amides is 2. The molecule has 0 spiro atoms. The Labute approximate surface area is 164 Å². The van der Waals surface area contributed by atoms with E-state index >= 15 is 0 Å². The molecule has 4 aliphatic carbocycles. The quantitative estimate of drug-likeness (QED) is 0.732. The summed E-state index contributed by atoms with van der Waals surface area (Å²) in [7, 11) is 0. The summed E-state index contributed by atoms with van der Waals surface area (Å²) >= 11 is 0. The van der Waals surface area contributed by atoms with Crippen molar-refractivity contribution in [3.05, 3.63) is 29.6 Å². The molecule has 0 aliphatic heterocycles. The van der Waals surface area contributed by atoms with E-state index in [1.165, 1.54) is 0 Å². The number of aromatic nitrogens is 1. The fraction of sp³-hybridized carbons (Fsp3) is 0.667. The Morgan fingerprint density at radius 2 is 1.86 bits per heavy atom. The highest BCUT2D eigenvalue weighted by atomic mass is 19.1. The van der Waals surface area contributed by atoms with Crippen molar-refractivity contribution in [1.82, 2.24) is 15.6 Å². The third kappa shape index (κ3) is 3.84. The second kappa shape index (κ2) is 7.33. The molecule has 28 heavy (non-hydrogen) atoms. The third-order valence-electron chi connectivity index (χ3n) is 6.44. The van der Waals surface area contributed by atoms with Crippen LogP contribution in [0.1, 0.15) is 61.1 Å². The highest BCUT2D eigenvalue weighted by Crippen LogP contribution is 2.57. The van der Waals surface area contributed by atoms with E-state index in [9.17, 15) is 14.0 Å². The molecule has 4 fully saturated rings. The minimum absolute atomic E-state index is 0.0895. The molecule has 6 nitrogen and oxygen atoms in total. The van der Waals surface area contributed by atoms with Gasteiger partial charge in [-0.05, 0) is 69.4 Å². The first-order valence-electron chi connectivity index (χ1n) is 10.2. The number of carbonyl (C=O) groups is 2. The molecule has 0 aromatic carbocycles. The van der Waals surface area contributed by atoms with Crippen LogP contribution in [-0.4, -0.2) is 41.3 Å². The molecule has 1 heterocycles. The molecule has 4 saturated carbocycles. The molecule has 7 heteroatoms. The van der Waals surface area contributed by atoms with Crippen LogP contribution < -0.4 is 10.6 Å². The number of carbonyl (C=O) groups excluding carboxylic acids is 2. The van der Waals surface area contributed by atoms with Gasteiger partial charge in [0, 0.05) is 23.2 Å². The van der Waals surface area contributed by atoms with Gasteiger partial charge in [0.15, 0.2) is 0 Å². The number of alkyl carbamates (subject to hydrolysis) is 1. The summed E-state index contributed by atoms with van der Waals surface area (Å²) in [4.78, 5) is 29.4. The van der Waals surface area contributed by atoms with Crippen LogP contribution in [0.15, 0.2) is 18.2 Å². The molecule has 0 radical (unpaired) electrons. The SMILES string of the molecule is Cc1cccc(C(=O)NC23CC4CC(CC(NC(=O)OCCCF)(C4)C2)C3)n1. The van der Waals surface area contributed by atoms with Gasteiger partial charge in [0.1, 0.15) is 5.69 Å². The predicted molar refractivity (Wildman–Crippen MR) is 102 cm³/mol. The van der Waals surface area contributed by atoms with E-state index in [0.717, 1.165) is 37.8 Å². The zero-order valence-corrected chi connectivity index (χ0v) is 16.3. The highest BCUT2D eigenvalue weighted by molar-refractivity contribution is 5.92. The Morgan fingerprint density at radius 1 is 1.18 bits per heavy atom. The van der Waals surface area contributed by atoms with Crippen LogP contribution in [0.4, 0.5) is 9.18 Å². The summed E-state index contributed by atoms with van der Waals surface area (Å²) in [6.07, 6.45) is 5.34. The minimum Gasteiger partial charge on any atom is -0.449 e. The number of hydrogen-bond acceptors (Lipinski definition) is 4. The van der Waals surface area contributed by atoms with Crippen molar-refractivity contribution >= 4 is 12.0 Å². The van der Waals surface area contributed by atoms with Gasteiger partial charge < -0.3 is 15.4 Å². The topological polar surface area (TPSA) is 80.3 Å². The third-order valence-corrected chi connectivity index (χ3v) is 6.44. The van der Waals surface area contributed by atoms with Gasteiger partial charge in [-0.25, -0.2) is 9.78 Å². The number of pyridine rings is 1. The first kappa shape index (κ1) is 19.2. The Hall–Kier alpha value is -2.18. The molecule has 0 saturated heterocycles. The Bertz CT molecular complexity index is 755. The van der Waals surface area contributed by atoms with Crippen molar-refractivity contribution in [2.45, 2.75) is 62.9 Å². The van der Waals surface area contributed by atoms with Crippen molar-refractivity contribution in [2.75, 3.05) is 13.3 Å². The van der Waals surface area contributed by atoms with E-state index in [-0.39, 0.29) is 30.0 Å². The molecular weight excluding hydrogens is 361 g/mol. The van der Waals surface area contributed by atoms with Crippen LogP contribution in [-0.2, 0) is 4.74 Å². The number of aryl methyl sites for hydroxylation is 1. The summed E-state index contributed by atoms with van der Waals surface area (Å²) in [5, 5.41) is 6.36. The number of nitrogens with zero attached hydrogens (tertiary/aromatic N) is 1. The maximum absolute atomic E-state index is 12.9. The molecule has 1 aromatic heterocycles. The largest absolute Gasteiger partial charge is 0.449 e. The van der Waals surface area contributed by atoms with E-state index in [4.69, 9.17) is 4.74 Å². The first-order chi connectivity index (χ1) is 13.4. The van der Waals surface area contributed by atoms with Gasteiger partial charge >= 0.3 is 6.09 Å². The highest BCUT2D eigenvalue weighted by Gasteiger charge is 2.59. The van der Waals surface area contributed by atoms with E-state index in [1.54, 1.807) is 6.07 Å². The summed E-state index contributed by atoms with van der Waals surface area (Å²) in [6, 6.07) is 5.45.